The van der Waals surface area contributed by atoms with Gasteiger partial charge in [-0.2, -0.15) is 5.10 Å². The number of carbonyl (C=O) groups excluding carboxylic acids is 1. The number of oxime groups is 1. The molecule has 7 nitrogen and oxygen atoms in total. The summed E-state index contributed by atoms with van der Waals surface area (Å²) in [5.74, 6) is 0.108. The van der Waals surface area contributed by atoms with Crippen molar-refractivity contribution in [3.05, 3.63) is 64.8 Å². The van der Waals surface area contributed by atoms with Crippen LogP contribution in [-0.4, -0.2) is 58.6 Å². The quantitative estimate of drug-likeness (QED) is 0.652. The third-order valence-electron chi connectivity index (χ3n) is 6.21. The topological polar surface area (TPSA) is 79.8 Å². The zero-order valence-electron chi connectivity index (χ0n) is 17.9. The number of aromatic amines is 1. The highest BCUT2D eigenvalue weighted by Gasteiger charge is 2.45. The van der Waals surface area contributed by atoms with Gasteiger partial charge < -0.3 is 14.5 Å². The molecule has 1 fully saturated rings. The maximum Gasteiger partial charge on any atom is 0.269 e. The number of aromatic nitrogens is 2. The van der Waals surface area contributed by atoms with E-state index in [0.717, 1.165) is 22.9 Å². The molecule has 0 aliphatic carbocycles. The monoisotopic (exact) mass is 452 g/mol. The molecular weight excluding hydrogens is 428 g/mol. The summed E-state index contributed by atoms with van der Waals surface area (Å²) in [5, 5.41) is 13.1. The molecule has 1 amide bonds. The summed E-state index contributed by atoms with van der Waals surface area (Å²) in [6.45, 7) is 4.05. The lowest BCUT2D eigenvalue weighted by Gasteiger charge is -2.30. The summed E-state index contributed by atoms with van der Waals surface area (Å²) in [6.07, 6.45) is 3.04. The first-order chi connectivity index (χ1) is 15.5. The number of ether oxygens (including phenoxy) is 1. The number of hydrogen-bond donors (Lipinski definition) is 1. The van der Waals surface area contributed by atoms with Crippen LogP contribution in [0.3, 0.4) is 0 Å². The Labute approximate surface area is 191 Å². The molecule has 1 aromatic heterocycles. The van der Waals surface area contributed by atoms with E-state index in [1.165, 1.54) is 5.56 Å². The third-order valence-corrected chi connectivity index (χ3v) is 6.54. The molecule has 8 heteroatoms. The van der Waals surface area contributed by atoms with Gasteiger partial charge >= 0.3 is 0 Å². The first kappa shape index (κ1) is 21.0. The largest absolute Gasteiger partial charge is 0.379 e. The molecule has 2 aliphatic heterocycles. The first-order valence-electron chi connectivity index (χ1n) is 10.8. The average Bonchev–Trinajstić information content (AvgIpc) is 3.37. The summed E-state index contributed by atoms with van der Waals surface area (Å²) in [4.78, 5) is 21.1. The van der Waals surface area contributed by atoms with Crippen LogP contribution >= 0.6 is 11.6 Å². The molecular formula is C24H25ClN4O3. The van der Waals surface area contributed by atoms with Gasteiger partial charge in [0, 0.05) is 41.4 Å². The van der Waals surface area contributed by atoms with Crippen LogP contribution in [0.15, 0.2) is 53.8 Å². The standard InChI is InChI=1S/C24H25ClN4O3/c1-24(12-22(28-32-24)18-6-2-3-7-20(18)25)23(30)29-9-10-31-15-16(14-29)11-17-5-4-8-21-19(17)13-26-27-21/h2-8,13,16H,9-12,14-15H2,1H3,(H,26,27)/t16-,24+/m1/s1. The highest BCUT2D eigenvalue weighted by atomic mass is 35.5. The summed E-state index contributed by atoms with van der Waals surface area (Å²) in [5.41, 5.74) is 2.66. The molecule has 32 heavy (non-hydrogen) atoms. The van der Waals surface area contributed by atoms with E-state index in [4.69, 9.17) is 21.2 Å². The van der Waals surface area contributed by atoms with Gasteiger partial charge in [0.2, 0.25) is 5.60 Å². The number of halogens is 1. The molecule has 3 aromatic rings. The second kappa shape index (κ2) is 8.56. The van der Waals surface area contributed by atoms with E-state index in [1.807, 2.05) is 47.5 Å². The predicted molar refractivity (Wildman–Crippen MR) is 123 cm³/mol. The molecule has 2 aliphatic rings. The Morgan fingerprint density at radius 1 is 1.28 bits per heavy atom. The summed E-state index contributed by atoms with van der Waals surface area (Å²) >= 11 is 6.32. The number of carbonyl (C=O) groups is 1. The molecule has 0 saturated carbocycles. The number of nitrogens with zero attached hydrogens (tertiary/aromatic N) is 3. The van der Waals surface area contributed by atoms with Gasteiger partial charge in [-0.25, -0.2) is 0 Å². The van der Waals surface area contributed by atoms with E-state index in [2.05, 4.69) is 21.4 Å². The third kappa shape index (κ3) is 3.98. The summed E-state index contributed by atoms with van der Waals surface area (Å²) in [6, 6.07) is 13.6. The van der Waals surface area contributed by atoms with Gasteiger partial charge in [-0.05, 0) is 31.0 Å². The average molecular weight is 453 g/mol. The van der Waals surface area contributed by atoms with Crippen LogP contribution in [-0.2, 0) is 20.8 Å². The molecule has 0 radical (unpaired) electrons. The normalized spacial score (nSPS) is 23.6. The molecule has 0 spiro atoms. The van der Waals surface area contributed by atoms with Crippen molar-refractivity contribution in [2.75, 3.05) is 26.3 Å². The van der Waals surface area contributed by atoms with E-state index < -0.39 is 5.60 Å². The van der Waals surface area contributed by atoms with Gasteiger partial charge in [0.05, 0.1) is 30.6 Å². The van der Waals surface area contributed by atoms with Gasteiger partial charge in [0.1, 0.15) is 0 Å². The van der Waals surface area contributed by atoms with E-state index in [1.54, 1.807) is 6.92 Å². The molecule has 2 aromatic carbocycles. The maximum absolute atomic E-state index is 13.5. The second-order valence-electron chi connectivity index (χ2n) is 8.66. The lowest BCUT2D eigenvalue weighted by molar-refractivity contribution is -0.153. The van der Waals surface area contributed by atoms with E-state index >= 15 is 0 Å². The smallest absolute Gasteiger partial charge is 0.269 e. The van der Waals surface area contributed by atoms with E-state index in [0.29, 0.717) is 43.5 Å². The molecule has 0 bridgehead atoms. The van der Waals surface area contributed by atoms with Crippen molar-refractivity contribution < 1.29 is 14.4 Å². The Kier molecular flexibility index (Phi) is 5.61. The Balaban J connectivity index is 1.30. The van der Waals surface area contributed by atoms with Crippen molar-refractivity contribution in [3.8, 4) is 0 Å². The van der Waals surface area contributed by atoms with Crippen LogP contribution in [0.4, 0.5) is 0 Å². The number of hydrogen-bond acceptors (Lipinski definition) is 5. The number of amides is 1. The van der Waals surface area contributed by atoms with Gasteiger partial charge in [-0.3, -0.25) is 9.89 Å². The van der Waals surface area contributed by atoms with Crippen LogP contribution < -0.4 is 0 Å². The fourth-order valence-corrected chi connectivity index (χ4v) is 4.78. The van der Waals surface area contributed by atoms with Crippen molar-refractivity contribution in [2.24, 2.45) is 11.1 Å². The lowest BCUT2D eigenvalue weighted by Crippen LogP contribution is -2.49. The Bertz CT molecular complexity index is 1180. The van der Waals surface area contributed by atoms with Crippen molar-refractivity contribution in [3.63, 3.8) is 0 Å². The van der Waals surface area contributed by atoms with Crippen molar-refractivity contribution >= 4 is 34.1 Å². The van der Waals surface area contributed by atoms with Crippen LogP contribution in [0.1, 0.15) is 24.5 Å². The highest BCUT2D eigenvalue weighted by molar-refractivity contribution is 6.34. The molecule has 2 atom stereocenters. The Morgan fingerprint density at radius 3 is 3.03 bits per heavy atom. The Morgan fingerprint density at radius 2 is 2.16 bits per heavy atom. The molecule has 1 saturated heterocycles. The van der Waals surface area contributed by atoms with Crippen molar-refractivity contribution in [1.82, 2.24) is 15.1 Å². The van der Waals surface area contributed by atoms with Gasteiger partial charge in [-0.1, -0.05) is 47.1 Å². The number of rotatable bonds is 4. The fourth-order valence-electron chi connectivity index (χ4n) is 4.54. The van der Waals surface area contributed by atoms with Crippen LogP contribution in [0.5, 0.6) is 0 Å². The minimum atomic E-state index is -1.05. The molecule has 166 valence electrons. The first-order valence-corrected chi connectivity index (χ1v) is 11.2. The van der Waals surface area contributed by atoms with Crippen LogP contribution in [0.2, 0.25) is 5.02 Å². The van der Waals surface area contributed by atoms with Crippen molar-refractivity contribution in [2.45, 2.75) is 25.4 Å². The molecule has 5 rings (SSSR count). The lowest BCUT2D eigenvalue weighted by atomic mass is 9.93. The van der Waals surface area contributed by atoms with Crippen LogP contribution in [0, 0.1) is 5.92 Å². The predicted octanol–water partition coefficient (Wildman–Crippen LogP) is 3.82. The van der Waals surface area contributed by atoms with E-state index in [9.17, 15) is 4.79 Å². The minimum Gasteiger partial charge on any atom is -0.379 e. The minimum absolute atomic E-state index is 0.0691. The SMILES string of the molecule is C[C@@]1(C(=O)N2CCOC[C@H](Cc3cccc4[nH]ncc34)C2)CC(c2ccccc2Cl)=NO1. The zero-order valence-corrected chi connectivity index (χ0v) is 18.6. The number of H-pyrrole nitrogens is 1. The molecule has 0 unspecified atom stereocenters. The van der Waals surface area contributed by atoms with Crippen LogP contribution in [0.25, 0.3) is 10.9 Å². The van der Waals surface area contributed by atoms with E-state index in [-0.39, 0.29) is 11.8 Å². The van der Waals surface area contributed by atoms with Gasteiger partial charge in [0.15, 0.2) is 0 Å². The number of benzene rings is 2. The van der Waals surface area contributed by atoms with Gasteiger partial charge in [-0.15, -0.1) is 0 Å². The zero-order chi connectivity index (χ0) is 22.1. The highest BCUT2D eigenvalue weighted by Crippen LogP contribution is 2.32. The molecule has 1 N–H and O–H groups in total. The maximum atomic E-state index is 13.5. The Hall–Kier alpha value is -2.90. The fraction of sp³-hybridized carbons (Fsp3) is 0.375. The summed E-state index contributed by atoms with van der Waals surface area (Å²) < 4.78 is 5.85. The van der Waals surface area contributed by atoms with Crippen molar-refractivity contribution in [1.29, 1.82) is 0 Å². The number of fused-ring (bicyclic) bond motifs is 1. The van der Waals surface area contributed by atoms with Gasteiger partial charge in [0.25, 0.3) is 5.91 Å². The molecule has 3 heterocycles. The second-order valence-corrected chi connectivity index (χ2v) is 9.07. The summed E-state index contributed by atoms with van der Waals surface area (Å²) in [7, 11) is 0. The number of nitrogens with one attached hydrogen (secondary N) is 1.